The van der Waals surface area contributed by atoms with E-state index in [-0.39, 0.29) is 24.8 Å². The fraction of sp³-hybridized carbons (Fsp3) is 0.385. The maximum absolute atomic E-state index is 13.2. The van der Waals surface area contributed by atoms with Crippen molar-refractivity contribution < 1.29 is 24.5 Å². The summed E-state index contributed by atoms with van der Waals surface area (Å²) in [6, 6.07) is 12.1. The molecule has 34 heavy (non-hydrogen) atoms. The van der Waals surface area contributed by atoms with Gasteiger partial charge < -0.3 is 24.6 Å². The SMILES string of the molecule is CCCCCOc1ccc([C@@H]2c3c(-c4ccccc4O)n[nH]c3C(=O)N2CCO)cc1OCC. The van der Waals surface area contributed by atoms with E-state index in [2.05, 4.69) is 17.1 Å². The first-order valence-corrected chi connectivity index (χ1v) is 11.8. The fourth-order valence-electron chi connectivity index (χ4n) is 4.38. The van der Waals surface area contributed by atoms with Crippen molar-refractivity contribution in [3.05, 3.63) is 59.3 Å². The molecule has 3 N–H and O–H groups in total. The number of carbonyl (C=O) groups is 1. The minimum Gasteiger partial charge on any atom is -0.507 e. The number of fused-ring (bicyclic) bond motifs is 1. The van der Waals surface area contributed by atoms with Crippen LogP contribution in [0.1, 0.15) is 60.8 Å². The quantitative estimate of drug-likeness (QED) is 0.365. The zero-order valence-electron chi connectivity index (χ0n) is 19.6. The number of nitrogens with zero attached hydrogens (tertiary/aromatic N) is 2. The second kappa shape index (κ2) is 10.6. The number of H-pyrrole nitrogens is 1. The second-order valence-electron chi connectivity index (χ2n) is 8.20. The average Bonchev–Trinajstić information content (AvgIpc) is 3.37. The van der Waals surface area contributed by atoms with Gasteiger partial charge in [0.15, 0.2) is 11.5 Å². The van der Waals surface area contributed by atoms with E-state index >= 15 is 0 Å². The van der Waals surface area contributed by atoms with Gasteiger partial charge in [-0.1, -0.05) is 38.0 Å². The predicted molar refractivity (Wildman–Crippen MR) is 128 cm³/mol. The second-order valence-corrected chi connectivity index (χ2v) is 8.20. The molecule has 3 aromatic rings. The van der Waals surface area contributed by atoms with Crippen LogP contribution in [0.25, 0.3) is 11.3 Å². The molecule has 0 saturated carbocycles. The summed E-state index contributed by atoms with van der Waals surface area (Å²) in [4.78, 5) is 14.8. The highest BCUT2D eigenvalue weighted by Gasteiger charge is 2.42. The third-order valence-corrected chi connectivity index (χ3v) is 5.95. The number of phenols is 1. The van der Waals surface area contributed by atoms with Crippen LogP contribution in [0.3, 0.4) is 0 Å². The summed E-state index contributed by atoms with van der Waals surface area (Å²) in [6.07, 6.45) is 3.18. The minimum atomic E-state index is -0.503. The first-order valence-electron chi connectivity index (χ1n) is 11.8. The number of amides is 1. The molecule has 1 aliphatic heterocycles. The van der Waals surface area contributed by atoms with Crippen molar-refractivity contribution in [3.63, 3.8) is 0 Å². The van der Waals surface area contributed by atoms with Gasteiger partial charge in [-0.25, -0.2) is 0 Å². The zero-order chi connectivity index (χ0) is 24.1. The lowest BCUT2D eigenvalue weighted by Crippen LogP contribution is -2.32. The van der Waals surface area contributed by atoms with Crippen LogP contribution in [0.4, 0.5) is 0 Å². The van der Waals surface area contributed by atoms with Crippen LogP contribution in [0, 0.1) is 0 Å². The number of rotatable bonds is 11. The predicted octanol–water partition coefficient (Wildman–Crippen LogP) is 4.29. The van der Waals surface area contributed by atoms with Gasteiger partial charge >= 0.3 is 0 Å². The number of aromatic hydroxyl groups is 1. The van der Waals surface area contributed by atoms with Gasteiger partial charge in [-0.3, -0.25) is 9.89 Å². The first kappa shape index (κ1) is 23.6. The number of nitrogens with one attached hydrogen (secondary N) is 1. The molecule has 180 valence electrons. The Morgan fingerprint density at radius 1 is 1.09 bits per heavy atom. The lowest BCUT2D eigenvalue weighted by Gasteiger charge is -2.26. The Kier molecular flexibility index (Phi) is 7.37. The molecule has 0 bridgehead atoms. The maximum Gasteiger partial charge on any atom is 0.273 e. The number of benzene rings is 2. The summed E-state index contributed by atoms with van der Waals surface area (Å²) in [6.45, 7) is 5.12. The van der Waals surface area contributed by atoms with Crippen molar-refractivity contribution in [1.82, 2.24) is 15.1 Å². The van der Waals surface area contributed by atoms with Gasteiger partial charge in [-0.15, -0.1) is 0 Å². The first-order chi connectivity index (χ1) is 16.6. The standard InChI is InChI=1S/C26H31N3O5/c1-3-5-8-15-34-20-12-11-17(16-21(20)33-4-2)25-22-23(18-9-6-7-10-19(18)31)27-28-24(22)26(32)29(25)13-14-30/h6-7,9-12,16,25,30-31H,3-5,8,13-15H2,1-2H3,(H,27,28)/t25-/m1/s1. The van der Waals surface area contributed by atoms with Gasteiger partial charge in [0.2, 0.25) is 0 Å². The molecule has 0 radical (unpaired) electrons. The highest BCUT2D eigenvalue weighted by Crippen LogP contribution is 2.45. The summed E-state index contributed by atoms with van der Waals surface area (Å²) < 4.78 is 11.8. The van der Waals surface area contributed by atoms with Crippen molar-refractivity contribution in [2.75, 3.05) is 26.4 Å². The highest BCUT2D eigenvalue weighted by atomic mass is 16.5. The normalized spacial score (nSPS) is 15.0. The fourth-order valence-corrected chi connectivity index (χ4v) is 4.38. The zero-order valence-corrected chi connectivity index (χ0v) is 19.6. The number of hydrogen-bond donors (Lipinski definition) is 3. The van der Waals surface area contributed by atoms with E-state index in [1.54, 1.807) is 23.1 Å². The molecule has 0 fully saturated rings. The van der Waals surface area contributed by atoms with Gasteiger partial charge in [0, 0.05) is 17.7 Å². The molecule has 1 atom stereocenters. The lowest BCUT2D eigenvalue weighted by molar-refractivity contribution is 0.0706. The summed E-state index contributed by atoms with van der Waals surface area (Å²) >= 11 is 0. The highest BCUT2D eigenvalue weighted by molar-refractivity contribution is 6.00. The number of hydrogen-bond acceptors (Lipinski definition) is 6. The van der Waals surface area contributed by atoms with Crippen LogP contribution in [0.15, 0.2) is 42.5 Å². The average molecular weight is 466 g/mol. The molecular formula is C26H31N3O5. The van der Waals surface area contributed by atoms with Crippen molar-refractivity contribution in [2.45, 2.75) is 39.2 Å². The van der Waals surface area contributed by atoms with E-state index in [9.17, 15) is 15.0 Å². The van der Waals surface area contributed by atoms with Gasteiger partial charge in [0.1, 0.15) is 17.1 Å². The topological polar surface area (TPSA) is 108 Å². The number of aliphatic hydroxyl groups excluding tert-OH is 1. The van der Waals surface area contributed by atoms with Crippen LogP contribution in [-0.4, -0.2) is 57.6 Å². The number of aromatic nitrogens is 2. The van der Waals surface area contributed by atoms with Gasteiger partial charge in [-0.05, 0) is 43.2 Å². The van der Waals surface area contributed by atoms with E-state index in [0.29, 0.717) is 47.2 Å². The molecule has 0 saturated heterocycles. The van der Waals surface area contributed by atoms with Crippen LogP contribution in [0.2, 0.25) is 0 Å². The molecular weight excluding hydrogens is 434 g/mol. The number of aliphatic hydroxyl groups is 1. The Labute approximate surface area is 199 Å². The third-order valence-electron chi connectivity index (χ3n) is 5.95. The number of ether oxygens (including phenoxy) is 2. The van der Waals surface area contributed by atoms with Crippen LogP contribution < -0.4 is 9.47 Å². The molecule has 1 amide bonds. The molecule has 0 spiro atoms. The van der Waals surface area contributed by atoms with Crippen molar-refractivity contribution in [1.29, 1.82) is 0 Å². The number of aromatic amines is 1. The number of unbranched alkanes of at least 4 members (excludes halogenated alkanes) is 2. The van der Waals surface area contributed by atoms with Crippen LogP contribution >= 0.6 is 0 Å². The molecule has 1 aliphatic rings. The van der Waals surface area contributed by atoms with Gasteiger partial charge in [0.05, 0.1) is 25.9 Å². The summed E-state index contributed by atoms with van der Waals surface area (Å²) in [5, 5.41) is 27.3. The number of phenolic OH excluding ortho intramolecular Hbond substituents is 1. The van der Waals surface area contributed by atoms with E-state index in [0.717, 1.165) is 24.8 Å². The lowest BCUT2D eigenvalue weighted by atomic mass is 9.95. The van der Waals surface area contributed by atoms with Crippen molar-refractivity contribution in [3.8, 4) is 28.5 Å². The minimum absolute atomic E-state index is 0.0782. The van der Waals surface area contributed by atoms with Gasteiger partial charge in [-0.2, -0.15) is 5.10 Å². The Morgan fingerprint density at radius 2 is 1.91 bits per heavy atom. The van der Waals surface area contributed by atoms with Crippen LogP contribution in [-0.2, 0) is 0 Å². The Balaban J connectivity index is 1.77. The van der Waals surface area contributed by atoms with E-state index in [1.165, 1.54) is 0 Å². The number of para-hydroxylation sites is 1. The van der Waals surface area contributed by atoms with E-state index in [1.807, 2.05) is 31.2 Å². The molecule has 0 aliphatic carbocycles. The van der Waals surface area contributed by atoms with E-state index in [4.69, 9.17) is 9.47 Å². The smallest absolute Gasteiger partial charge is 0.273 e. The molecule has 1 aromatic heterocycles. The summed E-state index contributed by atoms with van der Waals surface area (Å²) in [5.74, 6) is 1.09. The van der Waals surface area contributed by atoms with Crippen molar-refractivity contribution >= 4 is 5.91 Å². The van der Waals surface area contributed by atoms with E-state index < -0.39 is 6.04 Å². The molecule has 8 nitrogen and oxygen atoms in total. The third kappa shape index (κ3) is 4.46. The summed E-state index contributed by atoms with van der Waals surface area (Å²) in [7, 11) is 0. The summed E-state index contributed by atoms with van der Waals surface area (Å²) in [5.41, 5.74) is 2.87. The Hall–Kier alpha value is -3.52. The molecule has 4 rings (SSSR count). The largest absolute Gasteiger partial charge is 0.507 e. The van der Waals surface area contributed by atoms with Gasteiger partial charge in [0.25, 0.3) is 5.91 Å². The van der Waals surface area contributed by atoms with Crippen molar-refractivity contribution in [2.24, 2.45) is 0 Å². The Bertz CT molecular complexity index is 1140. The molecule has 0 unspecified atom stereocenters. The maximum atomic E-state index is 13.2. The molecule has 2 heterocycles. The number of β-amino-alcohol motifs (C(OH)–C–C–N with tert-alkyl or cyclic N) is 1. The molecule has 8 heteroatoms. The number of carbonyl (C=O) groups excluding carboxylic acids is 1. The Morgan fingerprint density at radius 3 is 2.65 bits per heavy atom. The molecule has 2 aromatic carbocycles. The monoisotopic (exact) mass is 465 g/mol. The van der Waals surface area contributed by atoms with Crippen LogP contribution in [0.5, 0.6) is 17.2 Å².